The minimum Gasteiger partial charge on any atom is -0.241 e. The van der Waals surface area contributed by atoms with Crippen molar-refractivity contribution in [2.45, 2.75) is 18.4 Å². The molecule has 4 nitrogen and oxygen atoms in total. The number of aromatic nitrogens is 2. The van der Waals surface area contributed by atoms with Crippen LogP contribution in [0.25, 0.3) is 0 Å². The van der Waals surface area contributed by atoms with E-state index in [1.807, 2.05) is 6.92 Å². The van der Waals surface area contributed by atoms with Crippen molar-refractivity contribution in [1.29, 1.82) is 0 Å². The van der Waals surface area contributed by atoms with Crippen LogP contribution in [0.15, 0.2) is 17.4 Å². The number of rotatable bonds is 4. The summed E-state index contributed by atoms with van der Waals surface area (Å²) in [5.74, 6) is -0.0114. The Hall–Kier alpha value is -0.680. The minimum atomic E-state index is -3.33. The monoisotopic (exact) mass is 234 g/mol. The molecule has 0 radical (unpaired) electrons. The molecule has 0 amide bonds. The highest BCUT2D eigenvalue weighted by molar-refractivity contribution is 7.91. The second kappa shape index (κ2) is 4.70. The summed E-state index contributed by atoms with van der Waals surface area (Å²) in [6, 6.07) is 1.49. The van der Waals surface area contributed by atoms with Gasteiger partial charge in [0.1, 0.15) is 6.33 Å². The topological polar surface area (TPSA) is 59.9 Å². The van der Waals surface area contributed by atoms with E-state index in [1.165, 1.54) is 12.4 Å². The summed E-state index contributed by atoms with van der Waals surface area (Å²) in [5.41, 5.74) is 0.716. The lowest BCUT2D eigenvalue weighted by atomic mass is 10.3. The van der Waals surface area contributed by atoms with Gasteiger partial charge < -0.3 is 0 Å². The van der Waals surface area contributed by atoms with Gasteiger partial charge in [-0.15, -0.1) is 11.6 Å². The Morgan fingerprint density at radius 1 is 1.43 bits per heavy atom. The number of halogens is 1. The van der Waals surface area contributed by atoms with E-state index in [9.17, 15) is 8.42 Å². The lowest BCUT2D eigenvalue weighted by Crippen LogP contribution is -2.10. The molecule has 0 bridgehead atoms. The van der Waals surface area contributed by atoms with Gasteiger partial charge in [-0.1, -0.05) is 6.92 Å². The van der Waals surface area contributed by atoms with Gasteiger partial charge in [-0.25, -0.2) is 18.4 Å². The second-order valence-electron chi connectivity index (χ2n) is 2.71. The molecule has 78 valence electrons. The summed E-state index contributed by atoms with van der Waals surface area (Å²) in [6.45, 7) is 1.90. The standard InChI is InChI=1S/C8H11ClN2O2S/c1-2-7-5-8(11-6-10-7)14(12,13)4-3-9/h5-6H,2-4H2,1H3. The van der Waals surface area contributed by atoms with Crippen LogP contribution in [-0.4, -0.2) is 30.0 Å². The second-order valence-corrected chi connectivity index (χ2v) is 5.14. The first-order chi connectivity index (χ1) is 6.60. The van der Waals surface area contributed by atoms with Crippen molar-refractivity contribution in [3.63, 3.8) is 0 Å². The molecule has 0 saturated carbocycles. The Bertz CT molecular complexity index is 406. The molecule has 0 aliphatic rings. The number of hydrogen-bond acceptors (Lipinski definition) is 4. The lowest BCUT2D eigenvalue weighted by molar-refractivity contribution is 0.593. The average molecular weight is 235 g/mol. The van der Waals surface area contributed by atoms with E-state index in [4.69, 9.17) is 11.6 Å². The van der Waals surface area contributed by atoms with Gasteiger partial charge in [-0.2, -0.15) is 0 Å². The van der Waals surface area contributed by atoms with Crippen LogP contribution < -0.4 is 0 Å². The molecular weight excluding hydrogens is 224 g/mol. The molecule has 1 aromatic rings. The van der Waals surface area contributed by atoms with Crippen molar-refractivity contribution >= 4 is 21.4 Å². The van der Waals surface area contributed by atoms with Crippen molar-refractivity contribution in [2.75, 3.05) is 11.6 Å². The van der Waals surface area contributed by atoms with E-state index >= 15 is 0 Å². The first-order valence-electron chi connectivity index (χ1n) is 4.20. The SMILES string of the molecule is CCc1cc(S(=O)(=O)CCCl)ncn1. The van der Waals surface area contributed by atoms with E-state index < -0.39 is 9.84 Å². The molecule has 0 N–H and O–H groups in total. The van der Waals surface area contributed by atoms with Gasteiger partial charge in [0.25, 0.3) is 0 Å². The zero-order chi connectivity index (χ0) is 10.6. The lowest BCUT2D eigenvalue weighted by Gasteiger charge is -2.01. The minimum absolute atomic E-state index is 0.0602. The summed E-state index contributed by atoms with van der Waals surface area (Å²) in [4.78, 5) is 7.64. The fourth-order valence-corrected chi connectivity index (χ4v) is 2.49. The maximum absolute atomic E-state index is 11.5. The molecule has 14 heavy (non-hydrogen) atoms. The molecule has 0 aliphatic heterocycles. The zero-order valence-electron chi connectivity index (χ0n) is 7.77. The molecule has 0 unspecified atom stereocenters. The van der Waals surface area contributed by atoms with Gasteiger partial charge in [0, 0.05) is 11.6 Å². The summed E-state index contributed by atoms with van der Waals surface area (Å²) >= 11 is 5.39. The van der Waals surface area contributed by atoms with Crippen LogP contribution in [0.2, 0.25) is 0 Å². The quantitative estimate of drug-likeness (QED) is 0.577. The predicted molar refractivity (Wildman–Crippen MR) is 54.2 cm³/mol. The largest absolute Gasteiger partial charge is 0.241 e. The van der Waals surface area contributed by atoms with Crippen molar-refractivity contribution in [3.8, 4) is 0 Å². The van der Waals surface area contributed by atoms with Gasteiger partial charge in [0.05, 0.1) is 5.75 Å². The van der Waals surface area contributed by atoms with Gasteiger partial charge in [0.2, 0.25) is 0 Å². The van der Waals surface area contributed by atoms with Crippen LogP contribution in [0.5, 0.6) is 0 Å². The Kier molecular flexibility index (Phi) is 3.83. The van der Waals surface area contributed by atoms with Crippen molar-refractivity contribution in [1.82, 2.24) is 9.97 Å². The van der Waals surface area contributed by atoms with Crippen LogP contribution >= 0.6 is 11.6 Å². The van der Waals surface area contributed by atoms with Crippen molar-refractivity contribution < 1.29 is 8.42 Å². The van der Waals surface area contributed by atoms with Gasteiger partial charge in [-0.05, 0) is 12.5 Å². The van der Waals surface area contributed by atoms with Gasteiger partial charge in [-0.3, -0.25) is 0 Å². The molecule has 0 saturated heterocycles. The molecule has 0 fully saturated rings. The van der Waals surface area contributed by atoms with E-state index in [2.05, 4.69) is 9.97 Å². The molecular formula is C8H11ClN2O2S. The predicted octanol–water partition coefficient (Wildman–Crippen LogP) is 1.05. The van der Waals surface area contributed by atoms with Crippen LogP contribution in [0.1, 0.15) is 12.6 Å². The van der Waals surface area contributed by atoms with Crippen LogP contribution in [0, 0.1) is 0 Å². The molecule has 1 aromatic heterocycles. The van der Waals surface area contributed by atoms with E-state index in [1.54, 1.807) is 0 Å². The zero-order valence-corrected chi connectivity index (χ0v) is 9.35. The summed E-state index contributed by atoms with van der Waals surface area (Å²) in [6.07, 6.45) is 1.95. The van der Waals surface area contributed by atoms with Crippen molar-refractivity contribution in [3.05, 3.63) is 18.1 Å². The Morgan fingerprint density at radius 2 is 2.14 bits per heavy atom. The first-order valence-corrected chi connectivity index (χ1v) is 6.38. The van der Waals surface area contributed by atoms with Crippen LogP contribution in [0.3, 0.4) is 0 Å². The maximum Gasteiger partial charge on any atom is 0.196 e. The van der Waals surface area contributed by atoms with E-state index in [-0.39, 0.29) is 16.7 Å². The molecule has 1 heterocycles. The van der Waals surface area contributed by atoms with E-state index in [0.717, 1.165) is 0 Å². The number of sulfone groups is 1. The molecule has 0 spiro atoms. The number of alkyl halides is 1. The third-order valence-corrected chi connectivity index (χ3v) is 3.74. The molecule has 0 aromatic carbocycles. The summed E-state index contributed by atoms with van der Waals surface area (Å²) < 4.78 is 23.1. The van der Waals surface area contributed by atoms with E-state index in [0.29, 0.717) is 12.1 Å². The smallest absolute Gasteiger partial charge is 0.196 e. The van der Waals surface area contributed by atoms with Crippen molar-refractivity contribution in [2.24, 2.45) is 0 Å². The summed E-state index contributed by atoms with van der Waals surface area (Å²) in [7, 11) is -3.33. The normalized spacial score (nSPS) is 11.6. The van der Waals surface area contributed by atoms with Gasteiger partial charge >= 0.3 is 0 Å². The number of hydrogen-bond donors (Lipinski definition) is 0. The maximum atomic E-state index is 11.5. The summed E-state index contributed by atoms with van der Waals surface area (Å²) in [5, 5.41) is 0.0602. The van der Waals surface area contributed by atoms with Crippen LogP contribution in [0.4, 0.5) is 0 Å². The van der Waals surface area contributed by atoms with Crippen LogP contribution in [-0.2, 0) is 16.3 Å². The molecule has 0 atom stereocenters. The third-order valence-electron chi connectivity index (χ3n) is 1.73. The Balaban J connectivity index is 3.07. The molecule has 0 aliphatic carbocycles. The number of nitrogens with zero attached hydrogens (tertiary/aromatic N) is 2. The Labute approximate surface area is 88.3 Å². The molecule has 6 heteroatoms. The number of aryl methyl sites for hydroxylation is 1. The highest BCUT2D eigenvalue weighted by atomic mass is 35.5. The molecule has 1 rings (SSSR count). The first kappa shape index (κ1) is 11.4. The highest BCUT2D eigenvalue weighted by Crippen LogP contribution is 2.08. The fourth-order valence-electron chi connectivity index (χ4n) is 0.947. The van der Waals surface area contributed by atoms with Gasteiger partial charge in [0.15, 0.2) is 14.9 Å². The Morgan fingerprint density at radius 3 is 2.71 bits per heavy atom. The third kappa shape index (κ3) is 2.65. The fraction of sp³-hybridized carbons (Fsp3) is 0.500. The average Bonchev–Trinajstić information content (AvgIpc) is 2.18. The highest BCUT2D eigenvalue weighted by Gasteiger charge is 2.15.